The molecule has 1 aliphatic heterocycles. The van der Waals surface area contributed by atoms with Crippen LogP contribution in [-0.4, -0.2) is 55.9 Å². The molecule has 1 N–H and O–H groups in total. The number of nitrogens with zero attached hydrogens (tertiary/aromatic N) is 5. The third kappa shape index (κ3) is 5.36. The number of hydrogen-bond donors (Lipinski definition) is 1. The van der Waals surface area contributed by atoms with Gasteiger partial charge in [-0.05, 0) is 41.5 Å². The summed E-state index contributed by atoms with van der Waals surface area (Å²) in [5.74, 6) is -0.234. The fourth-order valence-electron chi connectivity index (χ4n) is 3.35. The van der Waals surface area contributed by atoms with E-state index in [1.165, 1.54) is 17.7 Å². The average molecular weight is 411 g/mol. The Morgan fingerprint density at radius 1 is 1.00 bits per heavy atom. The van der Waals surface area contributed by atoms with Gasteiger partial charge in [-0.1, -0.05) is 18.2 Å². The first-order valence-electron chi connectivity index (χ1n) is 9.60. The summed E-state index contributed by atoms with van der Waals surface area (Å²) in [6.45, 7) is 5.19. The molecule has 3 aromatic rings. The van der Waals surface area contributed by atoms with Crippen LogP contribution < -0.4 is 5.32 Å². The fraction of sp³-hybridized carbons (Fsp3) is 0.286. The quantitative estimate of drug-likeness (QED) is 0.653. The van der Waals surface area contributed by atoms with E-state index in [4.69, 9.17) is 12.2 Å². The molecular weight excluding hydrogens is 387 g/mol. The highest BCUT2D eigenvalue weighted by Gasteiger charge is 2.19. The number of hydrogen-bond acceptors (Lipinski definition) is 4. The third-order valence-electron chi connectivity index (χ3n) is 4.93. The number of rotatable bonds is 5. The minimum atomic E-state index is -0.234. The van der Waals surface area contributed by atoms with Crippen LogP contribution >= 0.6 is 12.2 Å². The highest BCUT2D eigenvalue weighted by atomic mass is 32.1. The maximum Gasteiger partial charge on any atom is 0.173 e. The van der Waals surface area contributed by atoms with Gasteiger partial charge in [-0.25, -0.2) is 4.39 Å². The normalized spacial score (nSPS) is 14.7. The molecule has 29 heavy (non-hydrogen) atoms. The van der Waals surface area contributed by atoms with Crippen LogP contribution in [0.3, 0.4) is 0 Å². The van der Waals surface area contributed by atoms with E-state index in [-0.39, 0.29) is 5.82 Å². The van der Waals surface area contributed by atoms with Gasteiger partial charge >= 0.3 is 0 Å². The first kappa shape index (κ1) is 19.5. The zero-order valence-corrected chi connectivity index (χ0v) is 16.9. The van der Waals surface area contributed by atoms with Crippen molar-refractivity contribution in [3.8, 4) is 0 Å². The minimum absolute atomic E-state index is 0.234. The Labute approximate surface area is 175 Å². The van der Waals surface area contributed by atoms with Crippen molar-refractivity contribution in [2.75, 3.05) is 31.5 Å². The Morgan fingerprint density at radius 3 is 2.52 bits per heavy atom. The van der Waals surface area contributed by atoms with Crippen LogP contribution in [0.4, 0.5) is 10.1 Å². The number of piperazine rings is 1. The van der Waals surface area contributed by atoms with Gasteiger partial charge in [0.05, 0.1) is 18.4 Å². The number of pyridine rings is 1. The van der Waals surface area contributed by atoms with Crippen LogP contribution in [0.1, 0.15) is 11.1 Å². The predicted octanol–water partition coefficient (Wildman–Crippen LogP) is 2.98. The van der Waals surface area contributed by atoms with Crippen molar-refractivity contribution in [1.82, 2.24) is 24.6 Å². The zero-order chi connectivity index (χ0) is 20.1. The van der Waals surface area contributed by atoms with E-state index >= 15 is 0 Å². The average Bonchev–Trinajstić information content (AvgIpc) is 3.18. The Bertz CT molecular complexity index is 935. The summed E-state index contributed by atoms with van der Waals surface area (Å²) in [6, 6.07) is 10.5. The van der Waals surface area contributed by atoms with Crippen molar-refractivity contribution >= 4 is 23.0 Å². The second-order valence-corrected chi connectivity index (χ2v) is 7.49. The molecule has 1 aromatic carbocycles. The Hall–Kier alpha value is -2.84. The number of benzene rings is 1. The van der Waals surface area contributed by atoms with Crippen LogP contribution in [0.5, 0.6) is 0 Å². The van der Waals surface area contributed by atoms with E-state index in [0.717, 1.165) is 44.0 Å². The summed E-state index contributed by atoms with van der Waals surface area (Å²) in [5.41, 5.74) is 3.08. The van der Waals surface area contributed by atoms with E-state index in [1.54, 1.807) is 24.5 Å². The lowest BCUT2D eigenvalue weighted by molar-refractivity contribution is 0.177. The topological polar surface area (TPSA) is 49.2 Å². The molecule has 0 spiro atoms. The van der Waals surface area contributed by atoms with Gasteiger partial charge in [0, 0.05) is 51.3 Å². The highest BCUT2D eigenvalue weighted by molar-refractivity contribution is 7.80. The molecule has 4 rings (SSSR count). The Kier molecular flexibility index (Phi) is 6.12. The maximum absolute atomic E-state index is 13.0. The number of halogens is 1. The second-order valence-electron chi connectivity index (χ2n) is 7.11. The molecule has 0 bridgehead atoms. The van der Waals surface area contributed by atoms with Gasteiger partial charge in [0.2, 0.25) is 0 Å². The molecule has 1 saturated heterocycles. The molecular formula is C21H23FN6S. The van der Waals surface area contributed by atoms with Crippen LogP contribution in [0.2, 0.25) is 0 Å². The van der Waals surface area contributed by atoms with Crippen LogP contribution in [0.25, 0.3) is 0 Å². The fourth-order valence-corrected chi connectivity index (χ4v) is 3.65. The highest BCUT2D eigenvalue weighted by Crippen LogP contribution is 2.12. The van der Waals surface area contributed by atoms with Crippen molar-refractivity contribution in [3.05, 3.63) is 78.1 Å². The summed E-state index contributed by atoms with van der Waals surface area (Å²) in [7, 11) is 0. The molecule has 0 unspecified atom stereocenters. The lowest BCUT2D eigenvalue weighted by atomic mass is 10.2. The zero-order valence-electron chi connectivity index (χ0n) is 16.0. The van der Waals surface area contributed by atoms with E-state index in [9.17, 15) is 4.39 Å². The number of nitrogens with one attached hydrogen (secondary N) is 1. The first-order valence-corrected chi connectivity index (χ1v) is 10.0. The van der Waals surface area contributed by atoms with Crippen molar-refractivity contribution in [3.63, 3.8) is 0 Å². The molecule has 1 fully saturated rings. The summed E-state index contributed by atoms with van der Waals surface area (Å²) >= 11 is 5.59. The number of aromatic nitrogens is 3. The Balaban J connectivity index is 1.26. The molecule has 0 saturated carbocycles. The molecule has 150 valence electrons. The van der Waals surface area contributed by atoms with Crippen molar-refractivity contribution in [2.45, 2.75) is 13.1 Å². The number of anilines is 1. The van der Waals surface area contributed by atoms with Crippen LogP contribution in [0.15, 0.2) is 61.2 Å². The van der Waals surface area contributed by atoms with Crippen LogP contribution in [0, 0.1) is 5.82 Å². The van der Waals surface area contributed by atoms with E-state index in [1.807, 2.05) is 23.1 Å². The molecule has 0 aliphatic carbocycles. The smallest absolute Gasteiger partial charge is 0.173 e. The SMILES string of the molecule is Fc1ccc(Cn2cc(NC(=S)N3CCN(Cc4cccnc4)CC3)cn2)cc1. The molecule has 2 aromatic heterocycles. The standard InChI is InChI=1S/C21H23FN6S/c22-19-5-3-17(4-6-19)15-28-16-20(13-24-28)25-21(29)27-10-8-26(9-11-27)14-18-2-1-7-23-12-18/h1-7,12-13,16H,8-11,14-15H2,(H,25,29). The summed E-state index contributed by atoms with van der Waals surface area (Å²) in [5, 5.41) is 8.35. The van der Waals surface area contributed by atoms with Crippen molar-refractivity contribution in [2.24, 2.45) is 0 Å². The molecule has 0 radical (unpaired) electrons. The van der Waals surface area contributed by atoms with E-state index < -0.39 is 0 Å². The maximum atomic E-state index is 13.0. The predicted molar refractivity (Wildman–Crippen MR) is 115 cm³/mol. The van der Waals surface area contributed by atoms with Gasteiger partial charge in [0.15, 0.2) is 5.11 Å². The summed E-state index contributed by atoms with van der Waals surface area (Å²) < 4.78 is 14.8. The number of thiocarbonyl (C=S) groups is 1. The van der Waals surface area contributed by atoms with Crippen molar-refractivity contribution in [1.29, 1.82) is 0 Å². The molecule has 6 nitrogen and oxygen atoms in total. The first-order chi connectivity index (χ1) is 14.2. The van der Waals surface area contributed by atoms with Gasteiger partial charge in [0.1, 0.15) is 5.82 Å². The molecule has 0 atom stereocenters. The summed E-state index contributed by atoms with van der Waals surface area (Å²) in [6.07, 6.45) is 7.39. The lowest BCUT2D eigenvalue weighted by Crippen LogP contribution is -2.49. The largest absolute Gasteiger partial charge is 0.346 e. The second kappa shape index (κ2) is 9.11. The van der Waals surface area contributed by atoms with Gasteiger partial charge in [-0.2, -0.15) is 5.10 Å². The van der Waals surface area contributed by atoms with E-state index in [2.05, 4.69) is 31.3 Å². The molecule has 1 aliphatic rings. The molecule has 8 heteroatoms. The van der Waals surface area contributed by atoms with Gasteiger partial charge in [-0.3, -0.25) is 14.6 Å². The molecule has 3 heterocycles. The molecule has 0 amide bonds. The van der Waals surface area contributed by atoms with E-state index in [0.29, 0.717) is 11.7 Å². The van der Waals surface area contributed by atoms with Gasteiger partial charge in [0.25, 0.3) is 0 Å². The monoisotopic (exact) mass is 410 g/mol. The third-order valence-corrected chi connectivity index (χ3v) is 5.29. The Morgan fingerprint density at radius 2 is 1.79 bits per heavy atom. The summed E-state index contributed by atoms with van der Waals surface area (Å²) in [4.78, 5) is 8.78. The van der Waals surface area contributed by atoms with Crippen LogP contribution in [-0.2, 0) is 13.1 Å². The van der Waals surface area contributed by atoms with Gasteiger partial charge < -0.3 is 10.2 Å². The minimum Gasteiger partial charge on any atom is -0.346 e. The van der Waals surface area contributed by atoms with Crippen molar-refractivity contribution < 1.29 is 4.39 Å². The van der Waals surface area contributed by atoms with Gasteiger partial charge in [-0.15, -0.1) is 0 Å². The lowest BCUT2D eigenvalue weighted by Gasteiger charge is -2.36.